The van der Waals surface area contributed by atoms with Gasteiger partial charge in [0, 0.05) is 16.9 Å². The third-order valence-electron chi connectivity index (χ3n) is 3.49. The summed E-state index contributed by atoms with van der Waals surface area (Å²) in [5, 5.41) is 4.47. The summed E-state index contributed by atoms with van der Waals surface area (Å²) >= 11 is 2.07. The van der Waals surface area contributed by atoms with Gasteiger partial charge in [0.15, 0.2) is 0 Å². The van der Waals surface area contributed by atoms with Crippen molar-refractivity contribution in [3.8, 4) is 5.75 Å². The van der Waals surface area contributed by atoms with Crippen molar-refractivity contribution in [2.24, 2.45) is 0 Å². The Labute approximate surface area is 101 Å². The van der Waals surface area contributed by atoms with E-state index >= 15 is 0 Å². The van der Waals surface area contributed by atoms with E-state index in [0.717, 1.165) is 17.6 Å². The normalized spacial score (nSPS) is 32.4. The van der Waals surface area contributed by atoms with Crippen LogP contribution < -0.4 is 10.1 Å². The average Bonchev–Trinajstić information content (AvgIpc) is 2.88. The van der Waals surface area contributed by atoms with Gasteiger partial charge in [-0.05, 0) is 18.2 Å². The van der Waals surface area contributed by atoms with E-state index in [-0.39, 0.29) is 0 Å². The first-order chi connectivity index (χ1) is 7.84. The Bertz CT molecular complexity index is 382. The number of benzene rings is 1. The molecule has 3 heteroatoms. The van der Waals surface area contributed by atoms with Crippen LogP contribution in [-0.2, 0) is 0 Å². The van der Waals surface area contributed by atoms with E-state index in [0.29, 0.717) is 12.1 Å². The van der Waals surface area contributed by atoms with Crippen LogP contribution in [0, 0.1) is 0 Å². The summed E-state index contributed by atoms with van der Waals surface area (Å²) in [5.41, 5.74) is 1.33. The van der Waals surface area contributed by atoms with Gasteiger partial charge in [-0.1, -0.05) is 25.1 Å². The highest BCUT2D eigenvalue weighted by Gasteiger charge is 2.30. The van der Waals surface area contributed by atoms with Gasteiger partial charge in [-0.3, -0.25) is 0 Å². The predicted octanol–water partition coefficient (Wildman–Crippen LogP) is 2.60. The number of nitrogens with one attached hydrogen (secondary N) is 1. The molecule has 3 rings (SSSR count). The van der Waals surface area contributed by atoms with Crippen LogP contribution in [0.4, 0.5) is 0 Å². The zero-order chi connectivity index (χ0) is 11.0. The predicted molar refractivity (Wildman–Crippen MR) is 68.1 cm³/mol. The van der Waals surface area contributed by atoms with Crippen LogP contribution in [0.2, 0.25) is 0 Å². The smallest absolute Gasteiger partial charge is 0.124 e. The molecule has 0 aliphatic carbocycles. The molecule has 0 amide bonds. The Morgan fingerprint density at radius 3 is 3.06 bits per heavy atom. The van der Waals surface area contributed by atoms with Crippen molar-refractivity contribution in [2.45, 2.75) is 30.7 Å². The van der Waals surface area contributed by atoms with Crippen molar-refractivity contribution in [3.63, 3.8) is 0 Å². The highest BCUT2D eigenvalue weighted by Crippen LogP contribution is 2.34. The monoisotopic (exact) mass is 235 g/mol. The maximum Gasteiger partial charge on any atom is 0.124 e. The lowest BCUT2D eigenvalue weighted by atomic mass is 10.1. The van der Waals surface area contributed by atoms with Crippen molar-refractivity contribution in [2.75, 3.05) is 12.4 Å². The minimum absolute atomic E-state index is 0.391. The first-order valence-electron chi connectivity index (χ1n) is 5.94. The second-order valence-electron chi connectivity index (χ2n) is 4.54. The standard InChI is InChI=1S/C13H17NOS/c1-9-11(6-7-16-9)14-12-8-15-13-5-3-2-4-10(12)13/h2-5,9,11-12,14H,6-8H2,1H3. The number of rotatable bonds is 2. The average molecular weight is 235 g/mol. The third kappa shape index (κ3) is 1.82. The topological polar surface area (TPSA) is 21.3 Å². The summed E-state index contributed by atoms with van der Waals surface area (Å²) in [7, 11) is 0. The van der Waals surface area contributed by atoms with Gasteiger partial charge in [0.1, 0.15) is 12.4 Å². The van der Waals surface area contributed by atoms with Gasteiger partial charge in [-0.15, -0.1) is 0 Å². The Morgan fingerprint density at radius 2 is 2.25 bits per heavy atom. The summed E-state index contributed by atoms with van der Waals surface area (Å²) in [6.45, 7) is 3.10. The molecule has 2 nitrogen and oxygen atoms in total. The highest BCUT2D eigenvalue weighted by atomic mass is 32.2. The highest BCUT2D eigenvalue weighted by molar-refractivity contribution is 8.00. The second kappa shape index (κ2) is 4.30. The second-order valence-corrected chi connectivity index (χ2v) is 6.02. The van der Waals surface area contributed by atoms with Crippen molar-refractivity contribution in [3.05, 3.63) is 29.8 Å². The van der Waals surface area contributed by atoms with E-state index in [9.17, 15) is 0 Å². The third-order valence-corrected chi connectivity index (χ3v) is 4.82. The molecule has 1 aromatic rings. The van der Waals surface area contributed by atoms with E-state index in [2.05, 4.69) is 42.2 Å². The molecule has 1 saturated heterocycles. The Kier molecular flexibility index (Phi) is 2.82. The summed E-state index contributed by atoms with van der Waals surface area (Å²) in [6, 6.07) is 9.40. The van der Waals surface area contributed by atoms with Crippen LogP contribution in [0.3, 0.4) is 0 Å². The van der Waals surface area contributed by atoms with Crippen molar-refractivity contribution in [1.82, 2.24) is 5.32 Å². The molecule has 0 saturated carbocycles. The van der Waals surface area contributed by atoms with E-state index in [1.54, 1.807) is 0 Å². The number of para-hydroxylation sites is 1. The molecule has 2 aliphatic rings. The number of ether oxygens (including phenoxy) is 1. The number of fused-ring (bicyclic) bond motifs is 1. The van der Waals surface area contributed by atoms with Gasteiger partial charge in [-0.2, -0.15) is 11.8 Å². The van der Waals surface area contributed by atoms with Gasteiger partial charge in [0.25, 0.3) is 0 Å². The quantitative estimate of drug-likeness (QED) is 0.851. The zero-order valence-corrected chi connectivity index (χ0v) is 10.3. The Hall–Kier alpha value is -0.670. The van der Waals surface area contributed by atoms with Gasteiger partial charge in [-0.25, -0.2) is 0 Å². The molecule has 1 aromatic carbocycles. The van der Waals surface area contributed by atoms with Crippen LogP contribution in [0.1, 0.15) is 24.9 Å². The van der Waals surface area contributed by atoms with E-state index in [1.165, 1.54) is 17.7 Å². The SMILES string of the molecule is CC1SCCC1NC1COc2ccccc21. The lowest BCUT2D eigenvalue weighted by Gasteiger charge is -2.21. The van der Waals surface area contributed by atoms with Gasteiger partial charge >= 0.3 is 0 Å². The molecular weight excluding hydrogens is 218 g/mol. The van der Waals surface area contributed by atoms with E-state index in [1.807, 2.05) is 6.07 Å². The minimum Gasteiger partial charge on any atom is -0.491 e. The molecule has 3 atom stereocenters. The summed E-state index contributed by atoms with van der Waals surface area (Å²) in [4.78, 5) is 0. The minimum atomic E-state index is 0.391. The lowest BCUT2D eigenvalue weighted by molar-refractivity contribution is 0.296. The fourth-order valence-electron chi connectivity index (χ4n) is 2.51. The fourth-order valence-corrected chi connectivity index (χ4v) is 3.72. The maximum atomic E-state index is 5.69. The molecule has 16 heavy (non-hydrogen) atoms. The van der Waals surface area contributed by atoms with E-state index < -0.39 is 0 Å². The molecule has 1 N–H and O–H groups in total. The molecule has 86 valence electrons. The largest absolute Gasteiger partial charge is 0.491 e. The first kappa shape index (κ1) is 10.5. The molecule has 2 heterocycles. The van der Waals surface area contributed by atoms with Crippen LogP contribution in [0.5, 0.6) is 5.75 Å². The maximum absolute atomic E-state index is 5.69. The molecule has 0 spiro atoms. The Balaban J connectivity index is 1.73. The molecular formula is C13H17NOS. The first-order valence-corrected chi connectivity index (χ1v) is 6.99. The van der Waals surface area contributed by atoms with Crippen LogP contribution >= 0.6 is 11.8 Å². The summed E-state index contributed by atoms with van der Waals surface area (Å²) in [6.07, 6.45) is 1.28. The van der Waals surface area contributed by atoms with Crippen molar-refractivity contribution in [1.29, 1.82) is 0 Å². The van der Waals surface area contributed by atoms with Gasteiger partial charge in [0.2, 0.25) is 0 Å². The van der Waals surface area contributed by atoms with Crippen LogP contribution in [-0.4, -0.2) is 23.7 Å². The van der Waals surface area contributed by atoms with Gasteiger partial charge in [0.05, 0.1) is 6.04 Å². The zero-order valence-electron chi connectivity index (χ0n) is 9.48. The van der Waals surface area contributed by atoms with Crippen LogP contribution in [0.25, 0.3) is 0 Å². The fraction of sp³-hybridized carbons (Fsp3) is 0.538. The summed E-state index contributed by atoms with van der Waals surface area (Å²) in [5.74, 6) is 2.34. The molecule has 0 aromatic heterocycles. The molecule has 0 radical (unpaired) electrons. The van der Waals surface area contributed by atoms with Gasteiger partial charge < -0.3 is 10.1 Å². The van der Waals surface area contributed by atoms with Crippen molar-refractivity contribution < 1.29 is 4.74 Å². The number of hydrogen-bond acceptors (Lipinski definition) is 3. The molecule has 3 unspecified atom stereocenters. The van der Waals surface area contributed by atoms with E-state index in [4.69, 9.17) is 4.74 Å². The van der Waals surface area contributed by atoms with Crippen molar-refractivity contribution >= 4 is 11.8 Å². The lowest BCUT2D eigenvalue weighted by Crippen LogP contribution is -2.37. The molecule has 0 bridgehead atoms. The Morgan fingerprint density at radius 1 is 1.38 bits per heavy atom. The number of hydrogen-bond donors (Lipinski definition) is 1. The molecule has 2 aliphatic heterocycles. The van der Waals surface area contributed by atoms with Crippen LogP contribution in [0.15, 0.2) is 24.3 Å². The number of thioether (sulfide) groups is 1. The summed E-state index contributed by atoms with van der Waals surface area (Å²) < 4.78 is 5.69. The molecule has 1 fully saturated rings.